The van der Waals surface area contributed by atoms with Crippen LogP contribution >= 0.6 is 23.1 Å². The van der Waals surface area contributed by atoms with Gasteiger partial charge in [0.25, 0.3) is 5.56 Å². The van der Waals surface area contributed by atoms with E-state index in [9.17, 15) is 4.79 Å². The van der Waals surface area contributed by atoms with Gasteiger partial charge in [-0.3, -0.25) is 4.79 Å². The summed E-state index contributed by atoms with van der Waals surface area (Å²) in [6, 6.07) is 0. The van der Waals surface area contributed by atoms with Crippen molar-refractivity contribution in [1.82, 2.24) is 24.9 Å². The summed E-state index contributed by atoms with van der Waals surface area (Å²) < 4.78 is 0. The number of nitrogens with zero attached hydrogens (tertiary/aromatic N) is 4. The molecular weight excluding hydrogens is 370 g/mol. The van der Waals surface area contributed by atoms with Crippen LogP contribution < -0.4 is 17.0 Å². The monoisotopic (exact) mass is 391 g/mol. The summed E-state index contributed by atoms with van der Waals surface area (Å²) >= 11 is 2.89. The van der Waals surface area contributed by atoms with Gasteiger partial charge in [-0.1, -0.05) is 32.0 Å². The molecule has 138 valence electrons. The third kappa shape index (κ3) is 3.96. The number of rotatable bonds is 6. The molecule has 0 radical (unpaired) electrons. The van der Waals surface area contributed by atoms with Gasteiger partial charge in [-0.15, -0.1) is 11.3 Å². The smallest absolute Gasteiger partial charge is 0.260 e. The summed E-state index contributed by atoms with van der Waals surface area (Å²) in [5, 5.41) is 1.24. The third-order valence-electron chi connectivity index (χ3n) is 4.14. The van der Waals surface area contributed by atoms with Crippen LogP contribution in [0.2, 0.25) is 0 Å². The van der Waals surface area contributed by atoms with Crippen molar-refractivity contribution >= 4 is 45.2 Å². The van der Waals surface area contributed by atoms with E-state index >= 15 is 0 Å². The van der Waals surface area contributed by atoms with Crippen LogP contribution in [-0.2, 0) is 12.2 Å². The predicted octanol–water partition coefficient (Wildman–Crippen LogP) is 2.52. The summed E-state index contributed by atoms with van der Waals surface area (Å²) in [5.41, 5.74) is 12.2. The average Bonchev–Trinajstić information content (AvgIpc) is 2.88. The minimum absolute atomic E-state index is 0.0774. The summed E-state index contributed by atoms with van der Waals surface area (Å²) in [5.74, 6) is 1.51. The SMILES string of the molecule is CC[C@@H](C)Cc1c(C)sc2nc(SCc3nc(N)nc(N)n3)[nH]c(=O)c12. The molecule has 0 saturated carbocycles. The molecule has 0 saturated heterocycles. The Morgan fingerprint density at radius 2 is 1.88 bits per heavy atom. The first-order valence-electron chi connectivity index (χ1n) is 8.28. The van der Waals surface area contributed by atoms with E-state index in [4.69, 9.17) is 11.5 Å². The largest absolute Gasteiger partial charge is 0.368 e. The Labute approximate surface area is 158 Å². The van der Waals surface area contributed by atoms with Crippen molar-refractivity contribution in [2.75, 3.05) is 11.5 Å². The fourth-order valence-electron chi connectivity index (χ4n) is 2.62. The van der Waals surface area contributed by atoms with Crippen molar-refractivity contribution in [3.8, 4) is 0 Å². The Kier molecular flexibility index (Phi) is 5.42. The molecule has 10 heteroatoms. The van der Waals surface area contributed by atoms with Crippen LogP contribution in [0.25, 0.3) is 10.2 Å². The highest BCUT2D eigenvalue weighted by Gasteiger charge is 2.17. The van der Waals surface area contributed by atoms with E-state index in [-0.39, 0.29) is 17.5 Å². The first kappa shape index (κ1) is 18.6. The maximum atomic E-state index is 12.6. The lowest BCUT2D eigenvalue weighted by molar-refractivity contribution is 0.561. The number of thiophene rings is 1. The lowest BCUT2D eigenvalue weighted by Gasteiger charge is -2.08. The second-order valence-electron chi connectivity index (χ2n) is 6.16. The molecule has 3 heterocycles. The molecule has 3 aromatic rings. The van der Waals surface area contributed by atoms with Crippen molar-refractivity contribution in [1.29, 1.82) is 0 Å². The lowest BCUT2D eigenvalue weighted by Crippen LogP contribution is -2.11. The Morgan fingerprint density at radius 3 is 2.54 bits per heavy atom. The molecule has 0 spiro atoms. The number of thioether (sulfide) groups is 1. The quantitative estimate of drug-likeness (QED) is 0.431. The molecule has 0 bridgehead atoms. The van der Waals surface area contributed by atoms with E-state index in [0.29, 0.717) is 28.0 Å². The van der Waals surface area contributed by atoms with Crippen molar-refractivity contribution < 1.29 is 0 Å². The molecule has 0 unspecified atom stereocenters. The van der Waals surface area contributed by atoms with Gasteiger partial charge in [0.1, 0.15) is 10.7 Å². The van der Waals surface area contributed by atoms with Gasteiger partial charge in [0.05, 0.1) is 11.1 Å². The van der Waals surface area contributed by atoms with Crippen molar-refractivity contribution in [2.24, 2.45) is 5.92 Å². The molecule has 0 fully saturated rings. The first-order valence-corrected chi connectivity index (χ1v) is 10.1. The van der Waals surface area contributed by atoms with Gasteiger partial charge >= 0.3 is 0 Å². The van der Waals surface area contributed by atoms with Gasteiger partial charge in [-0.05, 0) is 24.8 Å². The van der Waals surface area contributed by atoms with Gasteiger partial charge in [0, 0.05) is 4.88 Å². The number of H-pyrrole nitrogens is 1. The van der Waals surface area contributed by atoms with Crippen LogP contribution in [0, 0.1) is 12.8 Å². The van der Waals surface area contributed by atoms with Gasteiger partial charge in [-0.25, -0.2) is 4.98 Å². The fourth-order valence-corrected chi connectivity index (χ4v) is 4.44. The molecule has 1 atom stereocenters. The number of fused-ring (bicyclic) bond motifs is 1. The number of aromatic amines is 1. The van der Waals surface area contributed by atoms with Crippen LogP contribution in [0.3, 0.4) is 0 Å². The molecule has 0 aromatic carbocycles. The fraction of sp³-hybridized carbons (Fsp3) is 0.438. The molecule has 5 N–H and O–H groups in total. The summed E-state index contributed by atoms with van der Waals surface area (Å²) in [7, 11) is 0. The predicted molar refractivity (Wildman–Crippen MR) is 106 cm³/mol. The molecule has 0 aliphatic carbocycles. The molecule has 0 amide bonds. The third-order valence-corrected chi connectivity index (χ3v) is 6.06. The van der Waals surface area contributed by atoms with Crippen molar-refractivity contribution in [3.05, 3.63) is 26.6 Å². The van der Waals surface area contributed by atoms with Crippen LogP contribution in [0.1, 0.15) is 36.5 Å². The normalized spacial score (nSPS) is 12.6. The second kappa shape index (κ2) is 7.58. The lowest BCUT2D eigenvalue weighted by atomic mass is 9.98. The number of nitrogens with two attached hydrogens (primary N) is 2. The Bertz CT molecular complexity index is 978. The van der Waals surface area contributed by atoms with E-state index in [1.807, 2.05) is 6.92 Å². The number of aryl methyl sites for hydroxylation is 1. The van der Waals surface area contributed by atoms with Gasteiger partial charge in [-0.2, -0.15) is 15.0 Å². The van der Waals surface area contributed by atoms with E-state index in [1.54, 1.807) is 11.3 Å². The highest BCUT2D eigenvalue weighted by molar-refractivity contribution is 7.98. The zero-order valence-corrected chi connectivity index (χ0v) is 16.5. The topological polar surface area (TPSA) is 136 Å². The Hall–Kier alpha value is -2.20. The standard InChI is InChI=1S/C16H21N7OS2/c1-4-7(2)5-9-8(3)26-13-11(9)12(24)21-16(22-13)25-6-10-19-14(17)23-15(18)20-10/h7H,4-6H2,1-3H3,(H,21,22,24)(H4,17,18,19,20,23)/t7-/m1/s1. The van der Waals surface area contributed by atoms with Gasteiger partial charge in [0.2, 0.25) is 11.9 Å². The Balaban J connectivity index is 1.88. The molecule has 3 aromatic heterocycles. The molecule has 26 heavy (non-hydrogen) atoms. The maximum Gasteiger partial charge on any atom is 0.260 e. The summed E-state index contributed by atoms with van der Waals surface area (Å²) in [4.78, 5) is 33.8. The van der Waals surface area contributed by atoms with Gasteiger partial charge in [0.15, 0.2) is 5.16 Å². The Morgan fingerprint density at radius 1 is 1.19 bits per heavy atom. The molecule has 3 rings (SSSR count). The molecule has 0 aliphatic rings. The molecule has 8 nitrogen and oxygen atoms in total. The van der Waals surface area contributed by atoms with Crippen molar-refractivity contribution in [2.45, 2.75) is 44.5 Å². The molecule has 0 aliphatic heterocycles. The zero-order valence-electron chi connectivity index (χ0n) is 14.9. The van der Waals surface area contributed by atoms with Crippen LogP contribution in [-0.4, -0.2) is 24.9 Å². The van der Waals surface area contributed by atoms with Crippen LogP contribution in [0.15, 0.2) is 9.95 Å². The first-order chi connectivity index (χ1) is 12.4. The summed E-state index contributed by atoms with van der Waals surface area (Å²) in [6.07, 6.45) is 1.97. The molecular formula is C16H21N7OS2. The van der Waals surface area contributed by atoms with E-state index in [1.165, 1.54) is 11.8 Å². The number of nitrogens with one attached hydrogen (secondary N) is 1. The van der Waals surface area contributed by atoms with Crippen LogP contribution in [0.4, 0.5) is 11.9 Å². The number of nitrogen functional groups attached to an aromatic ring is 2. The number of hydrogen-bond acceptors (Lipinski definition) is 9. The average molecular weight is 392 g/mol. The zero-order chi connectivity index (χ0) is 18.8. The number of hydrogen-bond donors (Lipinski definition) is 3. The number of anilines is 2. The van der Waals surface area contributed by atoms with Crippen LogP contribution in [0.5, 0.6) is 0 Å². The van der Waals surface area contributed by atoms with E-state index in [0.717, 1.165) is 28.1 Å². The van der Waals surface area contributed by atoms with Gasteiger partial charge < -0.3 is 16.5 Å². The highest BCUT2D eigenvalue weighted by Crippen LogP contribution is 2.30. The van der Waals surface area contributed by atoms with E-state index < -0.39 is 0 Å². The minimum Gasteiger partial charge on any atom is -0.368 e. The summed E-state index contributed by atoms with van der Waals surface area (Å²) in [6.45, 7) is 6.40. The van der Waals surface area contributed by atoms with Crippen molar-refractivity contribution in [3.63, 3.8) is 0 Å². The second-order valence-corrected chi connectivity index (χ2v) is 8.33. The minimum atomic E-state index is -0.102. The highest BCUT2D eigenvalue weighted by atomic mass is 32.2. The number of aromatic nitrogens is 5. The maximum absolute atomic E-state index is 12.6. The van der Waals surface area contributed by atoms with E-state index in [2.05, 4.69) is 38.8 Å².